The van der Waals surface area contributed by atoms with E-state index in [1.165, 1.54) is 6.92 Å². The molecule has 2 rings (SSSR count). The average Bonchev–Trinajstić information content (AvgIpc) is 2.59. The van der Waals surface area contributed by atoms with E-state index < -0.39 is 48.6 Å². The van der Waals surface area contributed by atoms with Crippen molar-refractivity contribution < 1.29 is 29.3 Å². The summed E-state index contributed by atoms with van der Waals surface area (Å²) in [4.78, 5) is 23.4. The van der Waals surface area contributed by atoms with Crippen molar-refractivity contribution >= 4 is 11.8 Å². The molecule has 6 atom stereocenters. The molecule has 0 bridgehead atoms. The number of hydrogen-bond acceptors (Lipinski definition) is 7. The highest BCUT2D eigenvalue weighted by Gasteiger charge is 2.44. The summed E-state index contributed by atoms with van der Waals surface area (Å²) in [5.41, 5.74) is 6.91. The van der Waals surface area contributed by atoms with Gasteiger partial charge in [0.05, 0.1) is 12.3 Å². The van der Waals surface area contributed by atoms with Crippen molar-refractivity contribution in [2.24, 2.45) is 5.73 Å². The number of benzene rings is 1. The van der Waals surface area contributed by atoms with Crippen molar-refractivity contribution in [2.75, 3.05) is 6.61 Å². The summed E-state index contributed by atoms with van der Waals surface area (Å²) in [6, 6.07) is 8.47. The molecule has 6 N–H and O–H groups in total. The van der Waals surface area contributed by atoms with Crippen LogP contribution in [0.1, 0.15) is 19.4 Å². The van der Waals surface area contributed by atoms with Crippen molar-refractivity contribution in [3.8, 4) is 0 Å². The molecule has 9 heteroatoms. The zero-order valence-electron chi connectivity index (χ0n) is 15.4. The Balaban J connectivity index is 1.89. The molecule has 1 aliphatic heterocycles. The highest BCUT2D eigenvalue weighted by Crippen LogP contribution is 2.22. The van der Waals surface area contributed by atoms with Crippen LogP contribution in [0.4, 0.5) is 0 Å². The van der Waals surface area contributed by atoms with Crippen LogP contribution in [0.25, 0.3) is 0 Å². The zero-order valence-corrected chi connectivity index (χ0v) is 15.4. The van der Waals surface area contributed by atoms with Gasteiger partial charge in [0.2, 0.25) is 11.8 Å². The van der Waals surface area contributed by atoms with E-state index in [1.807, 2.05) is 30.3 Å². The first-order chi connectivity index (χ1) is 12.8. The van der Waals surface area contributed by atoms with Gasteiger partial charge >= 0.3 is 0 Å². The van der Waals surface area contributed by atoms with Gasteiger partial charge in [-0.25, -0.2) is 0 Å². The van der Waals surface area contributed by atoms with Crippen LogP contribution < -0.4 is 16.4 Å². The average molecular weight is 381 g/mol. The van der Waals surface area contributed by atoms with E-state index in [2.05, 4.69) is 10.6 Å². The van der Waals surface area contributed by atoms with E-state index >= 15 is 0 Å². The molecule has 0 radical (unpaired) electrons. The van der Waals surface area contributed by atoms with Crippen molar-refractivity contribution in [1.29, 1.82) is 0 Å². The fourth-order valence-electron chi connectivity index (χ4n) is 2.96. The van der Waals surface area contributed by atoms with Crippen LogP contribution in [-0.4, -0.2) is 65.4 Å². The minimum absolute atomic E-state index is 0.389. The molecule has 1 aromatic rings. The first kappa shape index (κ1) is 21.3. The number of ether oxygens (including phenoxy) is 2. The highest BCUT2D eigenvalue weighted by atomic mass is 16.6. The molecule has 6 unspecified atom stereocenters. The molecule has 0 saturated carbocycles. The van der Waals surface area contributed by atoms with E-state index in [0.29, 0.717) is 6.42 Å². The molecule has 0 aromatic heterocycles. The summed E-state index contributed by atoms with van der Waals surface area (Å²) < 4.78 is 10.7. The SMILES string of the molecule is CC(=O)NC1C(O)OC(C)C(O)C1OCC(=O)NC(N)Cc1ccccc1. The number of carbonyl (C=O) groups is 2. The molecule has 1 saturated heterocycles. The third kappa shape index (κ3) is 6.26. The fourth-order valence-corrected chi connectivity index (χ4v) is 2.96. The lowest BCUT2D eigenvalue weighted by atomic mass is 9.97. The first-order valence-corrected chi connectivity index (χ1v) is 8.77. The van der Waals surface area contributed by atoms with E-state index in [9.17, 15) is 19.8 Å². The number of aliphatic hydroxyl groups is 2. The van der Waals surface area contributed by atoms with Crippen LogP contribution in [0.3, 0.4) is 0 Å². The van der Waals surface area contributed by atoms with Crippen LogP contribution in [0.2, 0.25) is 0 Å². The number of nitrogens with two attached hydrogens (primary N) is 1. The van der Waals surface area contributed by atoms with Gasteiger partial charge in [0.15, 0.2) is 6.29 Å². The lowest BCUT2D eigenvalue weighted by Gasteiger charge is -2.41. The molecule has 27 heavy (non-hydrogen) atoms. The minimum Gasteiger partial charge on any atom is -0.388 e. The standard InChI is InChI=1S/C18H27N3O6/c1-10-16(24)17(15(18(25)27-10)20-11(2)22)26-9-14(23)21-13(19)8-12-6-4-3-5-7-12/h3-7,10,13,15-18,24-25H,8-9,19H2,1-2H3,(H,20,22)(H,21,23). The van der Waals surface area contributed by atoms with Gasteiger partial charge in [0, 0.05) is 13.3 Å². The Labute approximate surface area is 157 Å². The van der Waals surface area contributed by atoms with E-state index in [4.69, 9.17) is 15.2 Å². The lowest BCUT2D eigenvalue weighted by Crippen LogP contribution is -2.64. The van der Waals surface area contributed by atoms with Crippen molar-refractivity contribution in [3.63, 3.8) is 0 Å². The molecular weight excluding hydrogens is 354 g/mol. The maximum Gasteiger partial charge on any atom is 0.247 e. The molecular formula is C18H27N3O6. The lowest BCUT2D eigenvalue weighted by molar-refractivity contribution is -0.250. The quantitative estimate of drug-likeness (QED) is 0.366. The summed E-state index contributed by atoms with van der Waals surface area (Å²) >= 11 is 0. The van der Waals surface area contributed by atoms with Gasteiger partial charge in [-0.2, -0.15) is 0 Å². The van der Waals surface area contributed by atoms with Gasteiger partial charge in [-0.1, -0.05) is 30.3 Å². The largest absolute Gasteiger partial charge is 0.388 e. The number of aliphatic hydroxyl groups excluding tert-OH is 2. The molecule has 0 aliphatic carbocycles. The second kappa shape index (κ2) is 9.77. The number of nitrogens with one attached hydrogen (secondary N) is 2. The Bertz CT molecular complexity index is 629. The van der Waals surface area contributed by atoms with Gasteiger partial charge in [0.25, 0.3) is 0 Å². The Morgan fingerprint density at radius 2 is 1.96 bits per heavy atom. The summed E-state index contributed by atoms with van der Waals surface area (Å²) in [6.07, 6.45) is -4.37. The topological polar surface area (TPSA) is 143 Å². The summed E-state index contributed by atoms with van der Waals surface area (Å²) in [6.45, 7) is 2.44. The van der Waals surface area contributed by atoms with Gasteiger partial charge in [-0.3, -0.25) is 9.59 Å². The number of amides is 2. The third-order valence-electron chi connectivity index (χ3n) is 4.25. The molecule has 1 aliphatic rings. The molecule has 1 aromatic carbocycles. The fraction of sp³-hybridized carbons (Fsp3) is 0.556. The highest BCUT2D eigenvalue weighted by molar-refractivity contribution is 5.77. The number of rotatable bonds is 7. The predicted molar refractivity (Wildman–Crippen MR) is 96.2 cm³/mol. The summed E-state index contributed by atoms with van der Waals surface area (Å²) in [7, 11) is 0. The van der Waals surface area contributed by atoms with Crippen LogP contribution >= 0.6 is 0 Å². The zero-order chi connectivity index (χ0) is 20.0. The maximum atomic E-state index is 12.1. The predicted octanol–water partition coefficient (Wildman–Crippen LogP) is -1.38. The second-order valence-electron chi connectivity index (χ2n) is 6.59. The maximum absolute atomic E-state index is 12.1. The van der Waals surface area contributed by atoms with Crippen LogP contribution in [0.5, 0.6) is 0 Å². The smallest absolute Gasteiger partial charge is 0.247 e. The Hall–Kier alpha value is -2.04. The van der Waals surface area contributed by atoms with Crippen LogP contribution in [-0.2, 0) is 25.5 Å². The molecule has 1 heterocycles. The Kier molecular flexibility index (Phi) is 7.69. The Morgan fingerprint density at radius 3 is 2.59 bits per heavy atom. The molecule has 9 nitrogen and oxygen atoms in total. The molecule has 2 amide bonds. The van der Waals surface area contributed by atoms with Gasteiger partial charge in [-0.05, 0) is 12.5 Å². The van der Waals surface area contributed by atoms with E-state index in [-0.39, 0.29) is 6.61 Å². The number of carbonyl (C=O) groups excluding carboxylic acids is 2. The van der Waals surface area contributed by atoms with Crippen molar-refractivity contribution in [3.05, 3.63) is 35.9 Å². The number of hydrogen-bond donors (Lipinski definition) is 5. The monoisotopic (exact) mass is 381 g/mol. The molecule has 1 fully saturated rings. The van der Waals surface area contributed by atoms with Gasteiger partial charge < -0.3 is 36.1 Å². The summed E-state index contributed by atoms with van der Waals surface area (Å²) in [5.74, 6) is -0.895. The Morgan fingerprint density at radius 1 is 1.30 bits per heavy atom. The van der Waals surface area contributed by atoms with E-state index in [0.717, 1.165) is 5.56 Å². The molecule has 150 valence electrons. The van der Waals surface area contributed by atoms with Crippen molar-refractivity contribution in [1.82, 2.24) is 10.6 Å². The first-order valence-electron chi connectivity index (χ1n) is 8.77. The van der Waals surface area contributed by atoms with Crippen LogP contribution in [0, 0.1) is 0 Å². The van der Waals surface area contributed by atoms with Crippen LogP contribution in [0.15, 0.2) is 30.3 Å². The molecule has 0 spiro atoms. The van der Waals surface area contributed by atoms with Crippen molar-refractivity contribution in [2.45, 2.75) is 57.1 Å². The minimum atomic E-state index is -1.36. The normalized spacial score (nSPS) is 29.0. The van der Waals surface area contributed by atoms with Gasteiger partial charge in [0.1, 0.15) is 24.9 Å². The second-order valence-corrected chi connectivity index (χ2v) is 6.59. The van der Waals surface area contributed by atoms with Gasteiger partial charge in [-0.15, -0.1) is 0 Å². The third-order valence-corrected chi connectivity index (χ3v) is 4.25. The van der Waals surface area contributed by atoms with E-state index in [1.54, 1.807) is 6.92 Å². The summed E-state index contributed by atoms with van der Waals surface area (Å²) in [5, 5.41) is 25.3.